The minimum atomic E-state index is -0.113. The van der Waals surface area contributed by atoms with Crippen molar-refractivity contribution < 1.29 is 4.79 Å². The first kappa shape index (κ1) is 19.2. The quantitative estimate of drug-likeness (QED) is 0.497. The van der Waals surface area contributed by atoms with Gasteiger partial charge in [0.2, 0.25) is 11.7 Å². The van der Waals surface area contributed by atoms with Gasteiger partial charge in [0.25, 0.3) is 5.56 Å². The Kier molecular flexibility index (Phi) is 5.35. The van der Waals surface area contributed by atoms with Crippen LogP contribution in [0.1, 0.15) is 19.4 Å². The molecule has 0 fully saturated rings. The number of thioether (sulfide) groups is 1. The maximum absolute atomic E-state index is 13.2. The molecule has 0 bridgehead atoms. The molecule has 0 aliphatic rings. The third-order valence-corrected chi connectivity index (χ3v) is 5.37. The number of para-hydroxylation sites is 1. The van der Waals surface area contributed by atoms with E-state index in [0.717, 1.165) is 11.1 Å². The third-order valence-electron chi connectivity index (χ3n) is 4.44. The van der Waals surface area contributed by atoms with E-state index in [1.54, 1.807) is 10.6 Å². The molecule has 0 radical (unpaired) electrons. The largest absolute Gasteiger partial charge is 0.353 e. The highest BCUT2D eigenvalue weighted by molar-refractivity contribution is 7.99. The number of nitrogens with one attached hydrogen (secondary N) is 1. The number of benzene rings is 2. The zero-order valence-electron chi connectivity index (χ0n) is 16.2. The standard InChI is InChI=1S/C21H21N5O2S/c1-14(2)22-18(27)13-29-21-24-23-20-25(12-15-8-4-3-5-9-15)19(28)16-10-6-7-11-17(16)26(20)21/h3-11,14H,12-13H2,1-2H3,(H,22,27). The normalized spacial score (nSPS) is 11.4. The number of rotatable bonds is 6. The van der Waals surface area contributed by atoms with E-state index in [1.165, 1.54) is 11.8 Å². The molecule has 2 aromatic heterocycles. The van der Waals surface area contributed by atoms with Crippen LogP contribution in [0.2, 0.25) is 0 Å². The number of amides is 1. The van der Waals surface area contributed by atoms with Crippen LogP contribution in [0.25, 0.3) is 16.7 Å². The van der Waals surface area contributed by atoms with Crippen LogP contribution in [0.3, 0.4) is 0 Å². The Morgan fingerprint density at radius 1 is 1.07 bits per heavy atom. The van der Waals surface area contributed by atoms with Gasteiger partial charge in [-0.15, -0.1) is 10.2 Å². The lowest BCUT2D eigenvalue weighted by molar-refractivity contribution is -0.119. The van der Waals surface area contributed by atoms with Gasteiger partial charge in [0.1, 0.15) is 0 Å². The summed E-state index contributed by atoms with van der Waals surface area (Å²) in [5, 5.41) is 12.6. The zero-order valence-corrected chi connectivity index (χ0v) is 17.0. The van der Waals surface area contributed by atoms with E-state index in [4.69, 9.17) is 0 Å². The molecule has 29 heavy (non-hydrogen) atoms. The van der Waals surface area contributed by atoms with Gasteiger partial charge < -0.3 is 5.32 Å². The first-order valence-corrected chi connectivity index (χ1v) is 10.4. The Hall–Kier alpha value is -3.13. The first-order valence-electron chi connectivity index (χ1n) is 9.37. The molecule has 4 aromatic rings. The Labute approximate surface area is 171 Å². The molecule has 0 spiro atoms. The maximum Gasteiger partial charge on any atom is 0.263 e. The fourth-order valence-electron chi connectivity index (χ4n) is 3.23. The van der Waals surface area contributed by atoms with Crippen LogP contribution in [0, 0.1) is 0 Å². The molecule has 4 rings (SSSR count). The lowest BCUT2D eigenvalue weighted by Gasteiger charge is -2.11. The van der Waals surface area contributed by atoms with E-state index >= 15 is 0 Å². The molecule has 0 unspecified atom stereocenters. The molecule has 0 atom stereocenters. The van der Waals surface area contributed by atoms with Crippen molar-refractivity contribution in [3.63, 3.8) is 0 Å². The summed E-state index contributed by atoms with van der Waals surface area (Å²) >= 11 is 1.30. The summed E-state index contributed by atoms with van der Waals surface area (Å²) in [6.45, 7) is 4.24. The molecule has 0 aliphatic heterocycles. The third kappa shape index (κ3) is 3.88. The lowest BCUT2D eigenvalue weighted by atomic mass is 10.2. The summed E-state index contributed by atoms with van der Waals surface area (Å²) in [4.78, 5) is 25.2. The second kappa shape index (κ2) is 8.08. The molecule has 1 amide bonds. The Morgan fingerprint density at radius 2 is 1.79 bits per heavy atom. The molecule has 148 valence electrons. The molecule has 0 aliphatic carbocycles. The molecule has 2 heterocycles. The van der Waals surface area contributed by atoms with Crippen LogP contribution in [0.5, 0.6) is 0 Å². The average Bonchev–Trinajstić information content (AvgIpc) is 3.14. The molecule has 1 N–H and O–H groups in total. The second-order valence-electron chi connectivity index (χ2n) is 7.02. The highest BCUT2D eigenvalue weighted by atomic mass is 32.2. The van der Waals surface area contributed by atoms with Crippen molar-refractivity contribution in [3.8, 4) is 0 Å². The molecule has 7 nitrogen and oxygen atoms in total. The van der Waals surface area contributed by atoms with E-state index in [-0.39, 0.29) is 23.3 Å². The molecular weight excluding hydrogens is 386 g/mol. The van der Waals surface area contributed by atoms with Crippen LogP contribution in [0.15, 0.2) is 64.5 Å². The summed E-state index contributed by atoms with van der Waals surface area (Å²) in [7, 11) is 0. The lowest BCUT2D eigenvalue weighted by Crippen LogP contribution is -2.31. The van der Waals surface area contributed by atoms with Gasteiger partial charge in [-0.3, -0.25) is 18.6 Å². The predicted octanol–water partition coefficient (Wildman–Crippen LogP) is 2.71. The monoisotopic (exact) mass is 407 g/mol. The van der Waals surface area contributed by atoms with E-state index in [1.807, 2.05) is 66.8 Å². The van der Waals surface area contributed by atoms with Gasteiger partial charge in [0.15, 0.2) is 5.16 Å². The highest BCUT2D eigenvalue weighted by Gasteiger charge is 2.17. The number of hydrogen-bond acceptors (Lipinski definition) is 5. The van der Waals surface area contributed by atoms with Gasteiger partial charge in [-0.25, -0.2) is 0 Å². The number of hydrogen-bond donors (Lipinski definition) is 1. The summed E-state index contributed by atoms with van der Waals surface area (Å²) in [5.74, 6) is 0.624. The summed E-state index contributed by atoms with van der Waals surface area (Å²) in [6, 6.07) is 17.2. The Bertz CT molecular complexity index is 1230. The van der Waals surface area contributed by atoms with Gasteiger partial charge in [0, 0.05) is 6.04 Å². The van der Waals surface area contributed by atoms with Gasteiger partial charge in [-0.2, -0.15) is 0 Å². The summed E-state index contributed by atoms with van der Waals surface area (Å²) in [5.41, 5.74) is 1.62. The maximum atomic E-state index is 13.2. The van der Waals surface area contributed by atoms with Gasteiger partial charge in [-0.05, 0) is 31.5 Å². The molecule has 0 saturated heterocycles. The zero-order chi connectivity index (χ0) is 20.4. The summed E-state index contributed by atoms with van der Waals surface area (Å²) in [6.07, 6.45) is 0. The van der Waals surface area contributed by atoms with Crippen LogP contribution in [-0.2, 0) is 11.3 Å². The molecule has 0 saturated carbocycles. The fourth-order valence-corrected chi connectivity index (χ4v) is 3.98. The molecule has 2 aromatic carbocycles. The first-order chi connectivity index (χ1) is 14.0. The predicted molar refractivity (Wildman–Crippen MR) is 114 cm³/mol. The van der Waals surface area contributed by atoms with Gasteiger partial charge >= 0.3 is 0 Å². The fraction of sp³-hybridized carbons (Fsp3) is 0.238. The van der Waals surface area contributed by atoms with Crippen molar-refractivity contribution in [2.24, 2.45) is 0 Å². The minimum Gasteiger partial charge on any atom is -0.353 e. The van der Waals surface area contributed by atoms with Gasteiger partial charge in [0.05, 0.1) is 23.2 Å². The van der Waals surface area contributed by atoms with E-state index in [0.29, 0.717) is 22.9 Å². The van der Waals surface area contributed by atoms with Crippen LogP contribution < -0.4 is 10.9 Å². The van der Waals surface area contributed by atoms with E-state index < -0.39 is 0 Å². The van der Waals surface area contributed by atoms with Crippen molar-refractivity contribution in [1.29, 1.82) is 0 Å². The second-order valence-corrected chi connectivity index (χ2v) is 7.97. The van der Waals surface area contributed by atoms with Crippen molar-refractivity contribution >= 4 is 34.3 Å². The van der Waals surface area contributed by atoms with Crippen molar-refractivity contribution in [3.05, 3.63) is 70.5 Å². The van der Waals surface area contributed by atoms with Crippen molar-refractivity contribution in [2.45, 2.75) is 31.6 Å². The van der Waals surface area contributed by atoms with E-state index in [9.17, 15) is 9.59 Å². The smallest absolute Gasteiger partial charge is 0.263 e. The van der Waals surface area contributed by atoms with Crippen LogP contribution in [-0.4, -0.2) is 36.9 Å². The van der Waals surface area contributed by atoms with Crippen molar-refractivity contribution in [2.75, 3.05) is 5.75 Å². The van der Waals surface area contributed by atoms with Crippen LogP contribution >= 0.6 is 11.8 Å². The average molecular weight is 407 g/mol. The number of fused-ring (bicyclic) bond motifs is 3. The Morgan fingerprint density at radius 3 is 2.55 bits per heavy atom. The molecular formula is C21H21N5O2S. The number of nitrogens with zero attached hydrogens (tertiary/aromatic N) is 4. The number of carbonyl (C=O) groups excluding carboxylic acids is 1. The number of aromatic nitrogens is 4. The topological polar surface area (TPSA) is 81.3 Å². The van der Waals surface area contributed by atoms with E-state index in [2.05, 4.69) is 15.5 Å². The van der Waals surface area contributed by atoms with Crippen LogP contribution in [0.4, 0.5) is 0 Å². The Balaban J connectivity index is 1.82. The summed E-state index contributed by atoms with van der Waals surface area (Å²) < 4.78 is 3.48. The van der Waals surface area contributed by atoms with Crippen molar-refractivity contribution in [1.82, 2.24) is 24.5 Å². The van der Waals surface area contributed by atoms with Gasteiger partial charge in [-0.1, -0.05) is 54.2 Å². The minimum absolute atomic E-state index is 0.0661. The molecule has 8 heteroatoms. The number of carbonyl (C=O) groups is 1. The SMILES string of the molecule is CC(C)NC(=O)CSc1nnc2n(Cc3ccccc3)c(=O)c3ccccc3n12. The highest BCUT2D eigenvalue weighted by Crippen LogP contribution is 2.22.